The molecule has 2 aromatic rings. The van der Waals surface area contributed by atoms with Crippen molar-refractivity contribution < 1.29 is 0 Å². The highest BCUT2D eigenvalue weighted by molar-refractivity contribution is 5.32. The summed E-state index contributed by atoms with van der Waals surface area (Å²) < 4.78 is 0. The molecule has 0 aliphatic carbocycles. The predicted octanol–water partition coefficient (Wildman–Crippen LogP) is 4.70. The van der Waals surface area contributed by atoms with Gasteiger partial charge in [0.2, 0.25) is 0 Å². The first-order valence-corrected chi connectivity index (χ1v) is 8.17. The van der Waals surface area contributed by atoms with Gasteiger partial charge in [0, 0.05) is 6.04 Å². The summed E-state index contributed by atoms with van der Waals surface area (Å²) in [4.78, 5) is 0. The van der Waals surface area contributed by atoms with Gasteiger partial charge in [0.15, 0.2) is 0 Å². The van der Waals surface area contributed by atoms with Crippen molar-refractivity contribution in [3.8, 4) is 0 Å². The van der Waals surface area contributed by atoms with Crippen LogP contribution < -0.4 is 5.32 Å². The van der Waals surface area contributed by atoms with Gasteiger partial charge in [-0.2, -0.15) is 0 Å². The van der Waals surface area contributed by atoms with Crippen LogP contribution in [0.15, 0.2) is 48.5 Å². The molecule has 0 saturated heterocycles. The van der Waals surface area contributed by atoms with Gasteiger partial charge in [-0.15, -0.1) is 0 Å². The predicted molar refractivity (Wildman–Crippen MR) is 91.8 cm³/mol. The smallest absolute Gasteiger partial charge is 0.0363 e. The zero-order valence-corrected chi connectivity index (χ0v) is 13.5. The molecule has 2 aromatic carbocycles. The lowest BCUT2D eigenvalue weighted by Gasteiger charge is -2.21. The Balaban J connectivity index is 2.21. The fourth-order valence-corrected chi connectivity index (χ4v) is 2.88. The third-order valence-corrected chi connectivity index (χ3v) is 4.13. The number of rotatable bonds is 7. The van der Waals surface area contributed by atoms with Crippen molar-refractivity contribution in [2.75, 3.05) is 6.54 Å². The Morgan fingerprint density at radius 3 is 2.10 bits per heavy atom. The van der Waals surface area contributed by atoms with Crippen molar-refractivity contribution in [3.05, 3.63) is 70.8 Å². The van der Waals surface area contributed by atoms with Crippen LogP contribution >= 0.6 is 0 Å². The van der Waals surface area contributed by atoms with E-state index in [9.17, 15) is 0 Å². The van der Waals surface area contributed by atoms with E-state index in [1.165, 1.54) is 22.3 Å². The molecule has 1 heteroatoms. The summed E-state index contributed by atoms with van der Waals surface area (Å²) in [6.45, 7) is 7.61. The summed E-state index contributed by atoms with van der Waals surface area (Å²) in [5, 5.41) is 3.65. The molecule has 0 aromatic heterocycles. The summed E-state index contributed by atoms with van der Waals surface area (Å²) >= 11 is 0. The van der Waals surface area contributed by atoms with Crippen LogP contribution in [0.4, 0.5) is 0 Å². The third kappa shape index (κ3) is 4.18. The first-order valence-electron chi connectivity index (χ1n) is 8.17. The van der Waals surface area contributed by atoms with Gasteiger partial charge in [0.05, 0.1) is 0 Å². The van der Waals surface area contributed by atoms with E-state index in [1.807, 2.05) is 0 Å². The van der Waals surface area contributed by atoms with Gasteiger partial charge in [0.1, 0.15) is 0 Å². The first kappa shape index (κ1) is 15.8. The Labute approximate surface area is 129 Å². The summed E-state index contributed by atoms with van der Waals surface area (Å²) in [7, 11) is 0. The Hall–Kier alpha value is -1.60. The van der Waals surface area contributed by atoms with Crippen molar-refractivity contribution in [2.24, 2.45) is 0 Å². The zero-order valence-electron chi connectivity index (χ0n) is 13.5. The Morgan fingerprint density at radius 1 is 0.810 bits per heavy atom. The Kier molecular flexibility index (Phi) is 6.01. The number of hydrogen-bond acceptors (Lipinski definition) is 1. The lowest BCUT2D eigenvalue weighted by atomic mass is 9.93. The molecular formula is C20H27N. The van der Waals surface area contributed by atoms with Crippen LogP contribution in [0.25, 0.3) is 0 Å². The van der Waals surface area contributed by atoms with Gasteiger partial charge < -0.3 is 5.32 Å². The van der Waals surface area contributed by atoms with Crippen molar-refractivity contribution in [1.29, 1.82) is 0 Å². The Morgan fingerprint density at radius 2 is 1.48 bits per heavy atom. The second-order valence-corrected chi connectivity index (χ2v) is 5.54. The van der Waals surface area contributed by atoms with Gasteiger partial charge in [-0.3, -0.25) is 0 Å². The molecule has 1 N–H and O–H groups in total. The van der Waals surface area contributed by atoms with Crippen LogP contribution in [-0.2, 0) is 19.3 Å². The largest absolute Gasteiger partial charge is 0.310 e. The van der Waals surface area contributed by atoms with Crippen molar-refractivity contribution in [3.63, 3.8) is 0 Å². The topological polar surface area (TPSA) is 12.0 Å². The molecule has 0 bridgehead atoms. The fraction of sp³-hybridized carbons (Fsp3) is 0.400. The fourth-order valence-electron chi connectivity index (χ4n) is 2.88. The molecule has 0 saturated carbocycles. The number of benzene rings is 2. The normalized spacial score (nSPS) is 12.3. The average molecular weight is 281 g/mol. The van der Waals surface area contributed by atoms with E-state index in [2.05, 4.69) is 74.6 Å². The van der Waals surface area contributed by atoms with E-state index in [0.717, 1.165) is 25.8 Å². The third-order valence-electron chi connectivity index (χ3n) is 4.13. The molecule has 0 amide bonds. The molecule has 1 atom stereocenters. The van der Waals surface area contributed by atoms with Crippen LogP contribution in [0.3, 0.4) is 0 Å². The molecule has 0 heterocycles. The monoisotopic (exact) mass is 281 g/mol. The minimum absolute atomic E-state index is 0.402. The molecule has 1 nitrogen and oxygen atoms in total. The van der Waals surface area contributed by atoms with Gasteiger partial charge in [-0.05, 0) is 48.1 Å². The van der Waals surface area contributed by atoms with Gasteiger partial charge in [0.25, 0.3) is 0 Å². The second kappa shape index (κ2) is 7.99. The summed E-state index contributed by atoms with van der Waals surface area (Å²) in [5.41, 5.74) is 5.71. The number of likely N-dealkylation sites (N-methyl/N-ethyl adjacent to an activating group) is 1. The van der Waals surface area contributed by atoms with Crippen LogP contribution in [0.5, 0.6) is 0 Å². The molecule has 0 aliphatic rings. The standard InChI is InChI=1S/C20H27N/c1-4-16-11-13-17(14-12-16)15-20(21-6-3)19-10-8-7-9-18(19)5-2/h7-14,20-21H,4-6,15H2,1-3H3. The maximum atomic E-state index is 3.65. The van der Waals surface area contributed by atoms with E-state index in [1.54, 1.807) is 0 Å². The van der Waals surface area contributed by atoms with Crippen molar-refractivity contribution in [2.45, 2.75) is 46.1 Å². The number of aryl methyl sites for hydroxylation is 2. The molecule has 1 unspecified atom stereocenters. The van der Waals surface area contributed by atoms with Gasteiger partial charge in [-0.25, -0.2) is 0 Å². The van der Waals surface area contributed by atoms with Crippen LogP contribution in [0, 0.1) is 0 Å². The van der Waals surface area contributed by atoms with Gasteiger partial charge in [-0.1, -0.05) is 69.3 Å². The molecular weight excluding hydrogens is 254 g/mol. The number of nitrogens with one attached hydrogen (secondary N) is 1. The lowest BCUT2D eigenvalue weighted by Crippen LogP contribution is -2.24. The zero-order chi connectivity index (χ0) is 15.1. The van der Waals surface area contributed by atoms with Crippen LogP contribution in [0.1, 0.15) is 49.1 Å². The first-order chi connectivity index (χ1) is 10.3. The highest BCUT2D eigenvalue weighted by atomic mass is 14.9. The molecule has 112 valence electrons. The summed E-state index contributed by atoms with van der Waals surface area (Å²) in [6, 6.07) is 18.3. The van der Waals surface area contributed by atoms with E-state index in [0.29, 0.717) is 6.04 Å². The molecule has 0 aliphatic heterocycles. The van der Waals surface area contributed by atoms with Crippen molar-refractivity contribution >= 4 is 0 Å². The highest BCUT2D eigenvalue weighted by Gasteiger charge is 2.14. The van der Waals surface area contributed by atoms with Crippen LogP contribution in [-0.4, -0.2) is 6.54 Å². The van der Waals surface area contributed by atoms with E-state index in [-0.39, 0.29) is 0 Å². The molecule has 0 fully saturated rings. The molecule has 0 spiro atoms. The van der Waals surface area contributed by atoms with E-state index in [4.69, 9.17) is 0 Å². The molecule has 0 radical (unpaired) electrons. The second-order valence-electron chi connectivity index (χ2n) is 5.54. The van der Waals surface area contributed by atoms with E-state index >= 15 is 0 Å². The Bertz CT molecular complexity index is 542. The highest BCUT2D eigenvalue weighted by Crippen LogP contribution is 2.23. The van der Waals surface area contributed by atoms with E-state index < -0.39 is 0 Å². The summed E-state index contributed by atoms with van der Waals surface area (Å²) in [5.74, 6) is 0. The SMILES string of the molecule is CCNC(Cc1ccc(CC)cc1)c1ccccc1CC. The maximum absolute atomic E-state index is 3.65. The minimum atomic E-state index is 0.402. The minimum Gasteiger partial charge on any atom is -0.310 e. The summed E-state index contributed by atoms with van der Waals surface area (Å²) in [6.07, 6.45) is 3.25. The molecule has 21 heavy (non-hydrogen) atoms. The average Bonchev–Trinajstić information content (AvgIpc) is 2.55. The van der Waals surface area contributed by atoms with Gasteiger partial charge >= 0.3 is 0 Å². The van der Waals surface area contributed by atoms with Crippen molar-refractivity contribution in [1.82, 2.24) is 5.32 Å². The van der Waals surface area contributed by atoms with Crippen LogP contribution in [0.2, 0.25) is 0 Å². The molecule has 2 rings (SSSR count). The lowest BCUT2D eigenvalue weighted by molar-refractivity contribution is 0.546. The maximum Gasteiger partial charge on any atom is 0.0363 e. The number of hydrogen-bond donors (Lipinski definition) is 1. The quantitative estimate of drug-likeness (QED) is 0.775.